The zero-order valence-electron chi connectivity index (χ0n) is 25.6. The van der Waals surface area contributed by atoms with Gasteiger partial charge in [0.05, 0.1) is 0 Å². The maximum atomic E-state index is 14.3. The molecule has 2 rings (SSSR count). The molecule has 1 aliphatic carbocycles. The minimum absolute atomic E-state index is 0.0345. The van der Waals surface area contributed by atoms with Gasteiger partial charge in [-0.05, 0) is 63.6 Å². The SMILES string of the molecule is CCCCCCCCN(C(=O)C(NC(=O)OC(C)(C)C)C(C)C)C(C(=O)NC1CCCCC1)c1cccc(O)c1. The summed E-state index contributed by atoms with van der Waals surface area (Å²) < 4.78 is 5.46. The Morgan fingerprint density at radius 1 is 1.02 bits per heavy atom. The van der Waals surface area contributed by atoms with Crippen molar-refractivity contribution in [1.82, 2.24) is 15.5 Å². The first kappa shape index (κ1) is 33.4. The van der Waals surface area contributed by atoms with Crippen LogP contribution in [0.25, 0.3) is 0 Å². The number of nitrogens with one attached hydrogen (secondary N) is 2. The Hall–Kier alpha value is -2.77. The molecule has 3 N–H and O–H groups in total. The molecule has 0 bridgehead atoms. The van der Waals surface area contributed by atoms with Crippen molar-refractivity contribution in [2.45, 2.75) is 136 Å². The van der Waals surface area contributed by atoms with E-state index < -0.39 is 23.8 Å². The number of nitrogens with zero attached hydrogens (tertiary/aromatic N) is 1. The third-order valence-corrected chi connectivity index (χ3v) is 7.34. The largest absolute Gasteiger partial charge is 0.508 e. The van der Waals surface area contributed by atoms with Crippen LogP contribution in [0.3, 0.4) is 0 Å². The third kappa shape index (κ3) is 11.4. The van der Waals surface area contributed by atoms with E-state index in [1.54, 1.807) is 49.9 Å². The molecule has 2 atom stereocenters. The second-order valence-corrected chi connectivity index (χ2v) is 12.5. The van der Waals surface area contributed by atoms with E-state index in [1.165, 1.54) is 6.42 Å². The van der Waals surface area contributed by atoms with Crippen LogP contribution in [0.2, 0.25) is 0 Å². The zero-order chi connectivity index (χ0) is 29.7. The minimum atomic E-state index is -0.932. The summed E-state index contributed by atoms with van der Waals surface area (Å²) in [6.07, 6.45) is 10.7. The molecule has 0 aliphatic heterocycles. The highest BCUT2D eigenvalue weighted by molar-refractivity contribution is 5.92. The van der Waals surface area contributed by atoms with Crippen LogP contribution in [0.15, 0.2) is 24.3 Å². The number of aromatic hydroxyl groups is 1. The quantitative estimate of drug-likeness (QED) is 0.222. The molecule has 0 radical (unpaired) electrons. The number of hydrogen-bond donors (Lipinski definition) is 3. The fourth-order valence-corrected chi connectivity index (χ4v) is 5.25. The number of phenolic OH excluding ortho intramolecular Hbond substituents is 1. The van der Waals surface area contributed by atoms with E-state index in [1.807, 2.05) is 13.8 Å². The van der Waals surface area contributed by atoms with Gasteiger partial charge in [0.25, 0.3) is 0 Å². The van der Waals surface area contributed by atoms with Crippen molar-refractivity contribution < 1.29 is 24.2 Å². The molecule has 0 heterocycles. The van der Waals surface area contributed by atoms with Crippen LogP contribution < -0.4 is 10.6 Å². The van der Waals surface area contributed by atoms with Gasteiger partial charge in [0, 0.05) is 12.6 Å². The van der Waals surface area contributed by atoms with Gasteiger partial charge in [-0.3, -0.25) is 9.59 Å². The van der Waals surface area contributed by atoms with Crippen LogP contribution in [0, 0.1) is 5.92 Å². The van der Waals surface area contributed by atoms with Crippen LogP contribution in [-0.2, 0) is 14.3 Å². The lowest BCUT2D eigenvalue weighted by Crippen LogP contribution is -2.55. The van der Waals surface area contributed by atoms with E-state index in [4.69, 9.17) is 4.74 Å². The Balaban J connectivity index is 2.41. The summed E-state index contributed by atoms with van der Waals surface area (Å²) >= 11 is 0. The van der Waals surface area contributed by atoms with E-state index in [9.17, 15) is 19.5 Å². The Bertz CT molecular complexity index is 937. The summed E-state index contributed by atoms with van der Waals surface area (Å²) in [5, 5.41) is 16.3. The van der Waals surface area contributed by atoms with Crippen molar-refractivity contribution in [3.8, 4) is 5.75 Å². The standard InChI is InChI=1S/C32H53N3O5/c1-7-8-9-10-11-15-21-35(30(38)27(23(2)3)34-31(39)40-32(4,5)6)28(24-17-16-20-26(36)22-24)29(37)33-25-18-13-12-14-19-25/h16-17,20,22-23,25,27-28,36H,7-15,18-19,21H2,1-6H3,(H,33,37)(H,34,39). The minimum Gasteiger partial charge on any atom is -0.508 e. The molecule has 8 heteroatoms. The number of alkyl carbamates (subject to hydrolysis) is 1. The van der Waals surface area contributed by atoms with Gasteiger partial charge >= 0.3 is 6.09 Å². The van der Waals surface area contributed by atoms with Gasteiger partial charge < -0.3 is 25.4 Å². The van der Waals surface area contributed by atoms with Crippen LogP contribution in [0.1, 0.15) is 124 Å². The molecule has 3 amide bonds. The first-order valence-corrected chi connectivity index (χ1v) is 15.3. The summed E-state index contributed by atoms with van der Waals surface area (Å²) in [6.45, 7) is 11.6. The number of phenols is 1. The van der Waals surface area contributed by atoms with Crippen LogP contribution in [0.5, 0.6) is 5.75 Å². The average Bonchev–Trinajstić information content (AvgIpc) is 2.87. The molecule has 2 unspecified atom stereocenters. The molecule has 8 nitrogen and oxygen atoms in total. The van der Waals surface area contributed by atoms with Crippen molar-refractivity contribution >= 4 is 17.9 Å². The van der Waals surface area contributed by atoms with Gasteiger partial charge in [0.15, 0.2) is 0 Å². The van der Waals surface area contributed by atoms with Gasteiger partial charge in [0.1, 0.15) is 23.4 Å². The predicted octanol–water partition coefficient (Wildman–Crippen LogP) is 6.62. The number of ether oxygens (including phenoxy) is 1. The fraction of sp³-hybridized carbons (Fsp3) is 0.719. The molecule has 1 fully saturated rings. The topological polar surface area (TPSA) is 108 Å². The van der Waals surface area contributed by atoms with Crippen LogP contribution in [0.4, 0.5) is 4.79 Å². The summed E-state index contributed by atoms with van der Waals surface area (Å²) in [5.41, 5.74) is -0.163. The maximum absolute atomic E-state index is 14.3. The Labute approximate surface area is 241 Å². The van der Waals surface area contributed by atoms with Crippen LogP contribution in [-0.4, -0.2) is 52.1 Å². The summed E-state index contributed by atoms with van der Waals surface area (Å²) in [4.78, 5) is 42.5. The molecular weight excluding hydrogens is 506 g/mol. The van der Waals surface area contributed by atoms with E-state index in [0.29, 0.717) is 12.1 Å². The lowest BCUT2D eigenvalue weighted by Gasteiger charge is -2.36. The lowest BCUT2D eigenvalue weighted by atomic mass is 9.94. The molecule has 1 aromatic carbocycles. The Morgan fingerprint density at radius 3 is 2.27 bits per heavy atom. The van der Waals surface area contributed by atoms with Crippen molar-refractivity contribution in [3.05, 3.63) is 29.8 Å². The first-order chi connectivity index (χ1) is 18.9. The smallest absolute Gasteiger partial charge is 0.408 e. The highest BCUT2D eigenvalue weighted by atomic mass is 16.6. The predicted molar refractivity (Wildman–Crippen MR) is 159 cm³/mol. The van der Waals surface area contributed by atoms with Crippen molar-refractivity contribution in [2.24, 2.45) is 5.92 Å². The van der Waals surface area contributed by atoms with Crippen molar-refractivity contribution in [3.63, 3.8) is 0 Å². The first-order valence-electron chi connectivity index (χ1n) is 15.3. The van der Waals surface area contributed by atoms with Gasteiger partial charge in [-0.1, -0.05) is 84.3 Å². The molecule has 1 saturated carbocycles. The summed E-state index contributed by atoms with van der Waals surface area (Å²) in [5.74, 6) is -0.788. The van der Waals surface area contributed by atoms with Gasteiger partial charge in [0.2, 0.25) is 11.8 Å². The van der Waals surface area contributed by atoms with Gasteiger partial charge in [-0.2, -0.15) is 0 Å². The molecule has 0 saturated heterocycles. The molecule has 226 valence electrons. The molecule has 0 aromatic heterocycles. The van der Waals surface area contributed by atoms with Crippen molar-refractivity contribution in [1.29, 1.82) is 0 Å². The number of hydrogen-bond acceptors (Lipinski definition) is 5. The van der Waals surface area contributed by atoms with E-state index in [0.717, 1.165) is 64.2 Å². The molecule has 0 spiro atoms. The highest BCUT2D eigenvalue weighted by Crippen LogP contribution is 2.28. The molecule has 1 aliphatic rings. The number of unbranched alkanes of at least 4 members (excludes halogenated alkanes) is 5. The lowest BCUT2D eigenvalue weighted by molar-refractivity contribution is -0.143. The maximum Gasteiger partial charge on any atom is 0.408 e. The van der Waals surface area contributed by atoms with Gasteiger partial charge in [-0.15, -0.1) is 0 Å². The molecule has 40 heavy (non-hydrogen) atoms. The van der Waals surface area contributed by atoms with E-state index in [-0.39, 0.29) is 29.5 Å². The zero-order valence-corrected chi connectivity index (χ0v) is 25.6. The summed E-state index contributed by atoms with van der Waals surface area (Å²) in [7, 11) is 0. The fourth-order valence-electron chi connectivity index (χ4n) is 5.25. The number of benzene rings is 1. The number of carbonyl (C=O) groups is 3. The Kier molecular flexibility index (Phi) is 13.8. The van der Waals surface area contributed by atoms with Gasteiger partial charge in [-0.25, -0.2) is 4.79 Å². The molecular formula is C32H53N3O5. The normalized spacial score (nSPS) is 15.8. The number of carbonyl (C=O) groups excluding carboxylic acids is 3. The number of amides is 3. The second-order valence-electron chi connectivity index (χ2n) is 12.5. The second kappa shape index (κ2) is 16.5. The van der Waals surface area contributed by atoms with Crippen molar-refractivity contribution in [2.75, 3.05) is 6.54 Å². The van der Waals surface area contributed by atoms with E-state index in [2.05, 4.69) is 17.6 Å². The molecule has 1 aromatic rings. The average molecular weight is 560 g/mol. The third-order valence-electron chi connectivity index (χ3n) is 7.34. The Morgan fingerprint density at radius 2 is 1.68 bits per heavy atom. The monoisotopic (exact) mass is 559 g/mol. The van der Waals surface area contributed by atoms with Crippen LogP contribution >= 0.6 is 0 Å². The number of rotatable bonds is 14. The van der Waals surface area contributed by atoms with E-state index >= 15 is 0 Å². The summed E-state index contributed by atoms with van der Waals surface area (Å²) in [6, 6.07) is 4.83. The highest BCUT2D eigenvalue weighted by Gasteiger charge is 2.38.